The van der Waals surface area contributed by atoms with Crippen LogP contribution in [0.4, 0.5) is 0 Å². The van der Waals surface area contributed by atoms with E-state index in [-0.39, 0.29) is 0 Å². The van der Waals surface area contributed by atoms with E-state index in [0.717, 1.165) is 94.3 Å². The summed E-state index contributed by atoms with van der Waals surface area (Å²) >= 11 is 0. The van der Waals surface area contributed by atoms with Gasteiger partial charge < -0.3 is 9.73 Å². The standard InChI is InChI=1S/C52H35N3O/c1-52(32-48(37-11-4-2-5-12-37)54-51(55-52)38-13-6-3-7-14-38)44-25-23-35(24-26-44)39-21-19-36-20-22-40(30-42(36)29-39)41-27-34(33-53)28-43(31-41)45-16-10-17-47-46-15-8-9-18-49(46)56-50(45)47/h2-32H,1H3,(H,54,55)/t52-/m1/s1. The average molecular weight is 718 g/mol. The first-order valence-electron chi connectivity index (χ1n) is 18.8. The minimum atomic E-state index is -0.484. The molecule has 1 aliphatic rings. The number of furan rings is 1. The van der Waals surface area contributed by atoms with Crippen LogP contribution in [0.3, 0.4) is 0 Å². The Labute approximate surface area is 325 Å². The maximum absolute atomic E-state index is 10.1. The number of hydrogen-bond donors (Lipinski definition) is 1. The Hall–Kier alpha value is -7.48. The molecular formula is C52H35N3O. The number of nitrogens with one attached hydrogen (secondary N) is 1. The zero-order valence-corrected chi connectivity index (χ0v) is 30.7. The van der Waals surface area contributed by atoms with Crippen LogP contribution in [0.15, 0.2) is 197 Å². The van der Waals surface area contributed by atoms with E-state index in [9.17, 15) is 5.26 Å². The first-order chi connectivity index (χ1) is 27.5. The second-order valence-electron chi connectivity index (χ2n) is 14.6. The van der Waals surface area contributed by atoms with E-state index in [1.165, 1.54) is 0 Å². The van der Waals surface area contributed by atoms with E-state index in [0.29, 0.717) is 5.56 Å². The first kappa shape index (κ1) is 33.1. The van der Waals surface area contributed by atoms with Gasteiger partial charge in [0.05, 0.1) is 22.9 Å². The van der Waals surface area contributed by atoms with Crippen LogP contribution in [0.5, 0.6) is 0 Å². The highest BCUT2D eigenvalue weighted by atomic mass is 16.3. The van der Waals surface area contributed by atoms with Gasteiger partial charge in [-0.25, -0.2) is 4.99 Å². The lowest BCUT2D eigenvalue weighted by atomic mass is 9.87. The number of aliphatic imine (C=N–C) groups is 1. The summed E-state index contributed by atoms with van der Waals surface area (Å²) in [4.78, 5) is 5.06. The Morgan fingerprint density at radius 2 is 1.18 bits per heavy atom. The van der Waals surface area contributed by atoms with Crippen LogP contribution < -0.4 is 5.32 Å². The Morgan fingerprint density at radius 3 is 1.93 bits per heavy atom. The van der Waals surface area contributed by atoms with Crippen LogP contribution in [-0.4, -0.2) is 5.84 Å². The van der Waals surface area contributed by atoms with Crippen molar-refractivity contribution in [3.63, 3.8) is 0 Å². The minimum Gasteiger partial charge on any atom is -0.455 e. The fourth-order valence-corrected chi connectivity index (χ4v) is 7.98. The number of nitriles is 1. The van der Waals surface area contributed by atoms with E-state index in [4.69, 9.17) is 9.41 Å². The molecule has 4 heteroatoms. The van der Waals surface area contributed by atoms with Gasteiger partial charge in [0.1, 0.15) is 17.0 Å². The lowest BCUT2D eigenvalue weighted by Gasteiger charge is -2.34. The Morgan fingerprint density at radius 1 is 0.536 bits per heavy atom. The molecule has 0 spiro atoms. The number of nitrogens with zero attached hydrogens (tertiary/aromatic N) is 2. The maximum atomic E-state index is 10.1. The van der Waals surface area contributed by atoms with Crippen molar-refractivity contribution in [2.45, 2.75) is 12.5 Å². The molecular weight excluding hydrogens is 683 g/mol. The number of para-hydroxylation sites is 2. The summed E-state index contributed by atoms with van der Waals surface area (Å²) in [6, 6.07) is 65.5. The van der Waals surface area contributed by atoms with Gasteiger partial charge in [-0.1, -0.05) is 146 Å². The Kier molecular flexibility index (Phi) is 7.94. The van der Waals surface area contributed by atoms with Gasteiger partial charge in [0, 0.05) is 21.9 Å². The van der Waals surface area contributed by atoms with Crippen LogP contribution in [0.2, 0.25) is 0 Å². The van der Waals surface area contributed by atoms with Crippen LogP contribution in [0, 0.1) is 11.3 Å². The van der Waals surface area contributed by atoms with Crippen LogP contribution in [-0.2, 0) is 5.54 Å². The van der Waals surface area contributed by atoms with Gasteiger partial charge in [-0.2, -0.15) is 5.26 Å². The molecule has 0 unspecified atom stereocenters. The molecule has 1 atom stereocenters. The molecule has 0 fully saturated rings. The largest absolute Gasteiger partial charge is 0.455 e. The lowest BCUT2D eigenvalue weighted by molar-refractivity contribution is 0.547. The fraction of sp³-hybridized carbons (Fsp3) is 0.0385. The molecule has 1 N–H and O–H groups in total. The van der Waals surface area contributed by atoms with Gasteiger partial charge in [-0.15, -0.1) is 0 Å². The summed E-state index contributed by atoms with van der Waals surface area (Å²) < 4.78 is 6.37. The van der Waals surface area contributed by atoms with Crippen LogP contribution in [0.1, 0.15) is 29.2 Å². The summed E-state index contributed by atoms with van der Waals surface area (Å²) in [6.45, 7) is 2.21. The molecule has 1 aromatic heterocycles. The van der Waals surface area contributed by atoms with Crippen LogP contribution >= 0.6 is 0 Å². The second-order valence-corrected chi connectivity index (χ2v) is 14.6. The smallest absolute Gasteiger partial charge is 0.143 e. The van der Waals surface area contributed by atoms with Gasteiger partial charge in [0.2, 0.25) is 0 Å². The van der Waals surface area contributed by atoms with Crippen molar-refractivity contribution in [3.05, 3.63) is 210 Å². The van der Waals surface area contributed by atoms with Crippen molar-refractivity contribution in [1.29, 1.82) is 5.26 Å². The highest BCUT2D eigenvalue weighted by Gasteiger charge is 2.30. The molecule has 2 heterocycles. The second kappa shape index (κ2) is 13.4. The van der Waals surface area contributed by atoms with Crippen molar-refractivity contribution in [2.75, 3.05) is 0 Å². The lowest BCUT2D eigenvalue weighted by Crippen LogP contribution is -2.44. The van der Waals surface area contributed by atoms with Gasteiger partial charge in [0.15, 0.2) is 0 Å². The number of rotatable bonds is 6. The van der Waals surface area contributed by atoms with Crippen molar-refractivity contribution in [3.8, 4) is 39.4 Å². The number of benzene rings is 8. The van der Waals surface area contributed by atoms with Gasteiger partial charge >= 0.3 is 0 Å². The summed E-state index contributed by atoms with van der Waals surface area (Å²) in [5.41, 5.74) is 12.3. The molecule has 0 amide bonds. The highest BCUT2D eigenvalue weighted by Crippen LogP contribution is 2.39. The average Bonchev–Trinajstić information content (AvgIpc) is 3.65. The summed E-state index contributed by atoms with van der Waals surface area (Å²) in [5, 5.41) is 18.3. The first-order valence-corrected chi connectivity index (χ1v) is 18.8. The molecule has 56 heavy (non-hydrogen) atoms. The zero-order valence-electron chi connectivity index (χ0n) is 30.7. The Bertz CT molecular complexity index is 3060. The summed E-state index contributed by atoms with van der Waals surface area (Å²) in [5.74, 6) is 0.850. The zero-order chi connectivity index (χ0) is 37.6. The summed E-state index contributed by atoms with van der Waals surface area (Å²) in [7, 11) is 0. The molecule has 0 saturated carbocycles. The van der Waals surface area contributed by atoms with Gasteiger partial charge in [0.25, 0.3) is 0 Å². The van der Waals surface area contributed by atoms with Crippen molar-refractivity contribution in [1.82, 2.24) is 5.32 Å². The Balaban J connectivity index is 0.989. The molecule has 264 valence electrons. The number of amidine groups is 1. The van der Waals surface area contributed by atoms with E-state index >= 15 is 0 Å². The third-order valence-corrected chi connectivity index (χ3v) is 10.9. The highest BCUT2D eigenvalue weighted by molar-refractivity contribution is 6.10. The molecule has 10 rings (SSSR count). The van der Waals surface area contributed by atoms with E-state index < -0.39 is 5.54 Å². The maximum Gasteiger partial charge on any atom is 0.143 e. The molecule has 0 radical (unpaired) electrons. The number of fused-ring (bicyclic) bond motifs is 4. The predicted molar refractivity (Wildman–Crippen MR) is 230 cm³/mol. The molecule has 9 aromatic rings. The quantitative estimate of drug-likeness (QED) is 0.186. The SMILES string of the molecule is C[C@]1(c2ccc(-c3ccc4ccc(-c5cc(C#N)cc(-c6cccc7c6oc6ccccc67)c5)cc4c3)cc2)C=C(c2ccccc2)N=C(c2ccccc2)N1. The predicted octanol–water partition coefficient (Wildman–Crippen LogP) is 12.9. The van der Waals surface area contributed by atoms with Crippen molar-refractivity contribution < 1.29 is 4.42 Å². The molecule has 8 aromatic carbocycles. The number of hydrogen-bond acceptors (Lipinski definition) is 4. The van der Waals surface area contributed by atoms with Gasteiger partial charge in [-0.05, 0) is 99.1 Å². The molecule has 4 nitrogen and oxygen atoms in total. The van der Waals surface area contributed by atoms with Gasteiger partial charge in [-0.3, -0.25) is 0 Å². The fourth-order valence-electron chi connectivity index (χ4n) is 7.98. The van der Waals surface area contributed by atoms with Crippen LogP contribution in [0.25, 0.3) is 71.8 Å². The third kappa shape index (κ3) is 5.93. The summed E-state index contributed by atoms with van der Waals surface area (Å²) in [6.07, 6.45) is 2.23. The topological polar surface area (TPSA) is 61.3 Å². The molecule has 0 bridgehead atoms. The van der Waals surface area contributed by atoms with Crippen molar-refractivity contribution >= 4 is 44.2 Å². The monoisotopic (exact) mass is 717 g/mol. The minimum absolute atomic E-state index is 0.484. The molecule has 0 saturated heterocycles. The van der Waals surface area contributed by atoms with E-state index in [1.807, 2.05) is 54.6 Å². The normalized spacial score (nSPS) is 15.3. The van der Waals surface area contributed by atoms with E-state index in [1.54, 1.807) is 0 Å². The van der Waals surface area contributed by atoms with E-state index in [2.05, 4.69) is 152 Å². The van der Waals surface area contributed by atoms with Crippen molar-refractivity contribution in [2.24, 2.45) is 4.99 Å². The molecule has 0 aliphatic carbocycles. The third-order valence-electron chi connectivity index (χ3n) is 10.9. The molecule has 1 aliphatic heterocycles.